The Bertz CT molecular complexity index is 943. The predicted octanol–water partition coefficient (Wildman–Crippen LogP) is 3.16. The third-order valence-electron chi connectivity index (χ3n) is 3.21. The first-order valence-electron chi connectivity index (χ1n) is 6.53. The van der Waals surface area contributed by atoms with E-state index in [2.05, 4.69) is 16.2 Å². The van der Waals surface area contributed by atoms with Crippen molar-refractivity contribution in [2.24, 2.45) is 0 Å². The number of carboxylic acids is 1. The van der Waals surface area contributed by atoms with E-state index < -0.39 is 5.97 Å². The van der Waals surface area contributed by atoms with Gasteiger partial charge in [-0.05, 0) is 17.7 Å². The highest BCUT2D eigenvalue weighted by atomic mass is 35.5. The number of pyridine rings is 1. The van der Waals surface area contributed by atoms with Crippen LogP contribution in [0.25, 0.3) is 16.9 Å². The number of hydrogen-bond donors (Lipinski definition) is 1. The molecule has 2 heterocycles. The van der Waals surface area contributed by atoms with Crippen LogP contribution in [-0.2, 0) is 0 Å². The molecule has 0 aliphatic carbocycles. The van der Waals surface area contributed by atoms with Gasteiger partial charge >= 0.3 is 5.97 Å². The van der Waals surface area contributed by atoms with Crippen molar-refractivity contribution in [1.29, 1.82) is 5.26 Å². The Morgan fingerprint density at radius 3 is 2.78 bits per heavy atom. The van der Waals surface area contributed by atoms with Crippen LogP contribution in [0.5, 0.6) is 0 Å². The molecule has 7 heteroatoms. The molecule has 0 amide bonds. The van der Waals surface area contributed by atoms with Crippen molar-refractivity contribution >= 4 is 17.6 Å². The van der Waals surface area contributed by atoms with Crippen LogP contribution in [0.15, 0.2) is 48.9 Å². The van der Waals surface area contributed by atoms with Crippen molar-refractivity contribution in [3.63, 3.8) is 0 Å². The van der Waals surface area contributed by atoms with Crippen LogP contribution >= 0.6 is 11.6 Å². The molecule has 112 valence electrons. The molecule has 0 spiro atoms. The fourth-order valence-corrected chi connectivity index (χ4v) is 2.30. The molecule has 0 saturated heterocycles. The summed E-state index contributed by atoms with van der Waals surface area (Å²) >= 11 is 5.98. The van der Waals surface area contributed by atoms with Crippen LogP contribution in [0.4, 0.5) is 0 Å². The van der Waals surface area contributed by atoms with Crippen LogP contribution < -0.4 is 0 Å². The summed E-state index contributed by atoms with van der Waals surface area (Å²) in [5.41, 5.74) is 1.86. The normalized spacial score (nSPS) is 10.3. The fraction of sp³-hybridized carbons (Fsp3) is 0. The van der Waals surface area contributed by atoms with E-state index in [0.29, 0.717) is 22.0 Å². The first kappa shape index (κ1) is 14.8. The summed E-state index contributed by atoms with van der Waals surface area (Å²) in [7, 11) is 0. The molecule has 3 aromatic rings. The number of benzene rings is 1. The van der Waals surface area contributed by atoms with Gasteiger partial charge in [0, 0.05) is 29.0 Å². The summed E-state index contributed by atoms with van der Waals surface area (Å²) in [6, 6.07) is 10.8. The summed E-state index contributed by atoms with van der Waals surface area (Å²) < 4.78 is 1.31. The van der Waals surface area contributed by atoms with E-state index in [9.17, 15) is 10.1 Å². The number of hydrogen-bond acceptors (Lipinski definition) is 4. The lowest BCUT2D eigenvalue weighted by molar-refractivity contribution is 0.0697. The van der Waals surface area contributed by atoms with Crippen molar-refractivity contribution in [3.05, 3.63) is 65.1 Å². The van der Waals surface area contributed by atoms with Gasteiger partial charge in [0.25, 0.3) is 0 Å². The molecular weight excluding hydrogens is 316 g/mol. The Balaban J connectivity index is 2.06. The molecule has 2 aromatic heterocycles. The minimum absolute atomic E-state index is 0.0456. The van der Waals surface area contributed by atoms with Gasteiger partial charge in [-0.3, -0.25) is 0 Å². The Hall–Kier alpha value is -3.17. The lowest BCUT2D eigenvalue weighted by Gasteiger charge is -2.07. The zero-order chi connectivity index (χ0) is 16.4. The van der Waals surface area contributed by atoms with Crippen molar-refractivity contribution < 1.29 is 9.90 Å². The van der Waals surface area contributed by atoms with E-state index in [1.54, 1.807) is 30.5 Å². The standard InChI is InChI=1S/C16H9ClN4O2/c17-13-3-1-2-10(4-13)14-8-19-15(5-11(14)6-18)21-9-12(7-20-21)16(22)23/h1-5,7-9H,(H,22,23). The highest BCUT2D eigenvalue weighted by Gasteiger charge is 2.11. The molecule has 0 aliphatic rings. The number of nitrogens with zero attached hydrogens (tertiary/aromatic N) is 4. The minimum Gasteiger partial charge on any atom is -0.478 e. The zero-order valence-electron chi connectivity index (χ0n) is 11.6. The average molecular weight is 325 g/mol. The quantitative estimate of drug-likeness (QED) is 0.799. The van der Waals surface area contributed by atoms with Gasteiger partial charge < -0.3 is 5.11 Å². The molecule has 23 heavy (non-hydrogen) atoms. The van der Waals surface area contributed by atoms with E-state index >= 15 is 0 Å². The maximum atomic E-state index is 10.9. The number of rotatable bonds is 3. The molecule has 0 radical (unpaired) electrons. The van der Waals surface area contributed by atoms with E-state index in [4.69, 9.17) is 16.7 Å². The highest BCUT2D eigenvalue weighted by Crippen LogP contribution is 2.26. The molecule has 0 fully saturated rings. The SMILES string of the molecule is N#Cc1cc(-n2cc(C(=O)O)cn2)ncc1-c1cccc(Cl)c1. The van der Waals surface area contributed by atoms with Crippen LogP contribution in [0.1, 0.15) is 15.9 Å². The number of halogens is 1. The maximum Gasteiger partial charge on any atom is 0.338 e. The monoisotopic (exact) mass is 324 g/mol. The predicted molar refractivity (Wildman–Crippen MR) is 83.5 cm³/mol. The van der Waals surface area contributed by atoms with E-state index in [1.807, 2.05) is 6.07 Å². The molecule has 6 nitrogen and oxygen atoms in total. The van der Waals surface area contributed by atoms with Crippen molar-refractivity contribution in [3.8, 4) is 23.0 Å². The van der Waals surface area contributed by atoms with Crippen LogP contribution in [0, 0.1) is 11.3 Å². The first-order chi connectivity index (χ1) is 11.1. The first-order valence-corrected chi connectivity index (χ1v) is 6.90. The Labute approximate surface area is 136 Å². The zero-order valence-corrected chi connectivity index (χ0v) is 12.4. The highest BCUT2D eigenvalue weighted by molar-refractivity contribution is 6.30. The average Bonchev–Trinajstić information content (AvgIpc) is 3.04. The Morgan fingerprint density at radius 1 is 1.30 bits per heavy atom. The van der Waals surface area contributed by atoms with E-state index in [0.717, 1.165) is 5.56 Å². The molecule has 0 atom stereocenters. The molecule has 1 aromatic carbocycles. The van der Waals surface area contributed by atoms with Crippen LogP contribution in [-0.4, -0.2) is 25.8 Å². The van der Waals surface area contributed by atoms with Crippen molar-refractivity contribution in [2.45, 2.75) is 0 Å². The molecule has 0 aliphatic heterocycles. The second-order valence-electron chi connectivity index (χ2n) is 4.69. The van der Waals surface area contributed by atoms with Gasteiger partial charge in [0.15, 0.2) is 5.82 Å². The minimum atomic E-state index is -1.08. The van der Waals surface area contributed by atoms with Gasteiger partial charge in [-0.25, -0.2) is 14.5 Å². The molecule has 0 bridgehead atoms. The summed E-state index contributed by atoms with van der Waals surface area (Å²) in [6.07, 6.45) is 4.10. The number of aromatic nitrogens is 3. The fourth-order valence-electron chi connectivity index (χ4n) is 2.11. The van der Waals surface area contributed by atoms with E-state index in [1.165, 1.54) is 17.1 Å². The maximum absolute atomic E-state index is 10.9. The van der Waals surface area contributed by atoms with Crippen LogP contribution in [0.3, 0.4) is 0 Å². The number of carboxylic acid groups (broad SMARTS) is 1. The summed E-state index contributed by atoms with van der Waals surface area (Å²) in [5.74, 6) is -0.716. The Kier molecular flexibility index (Phi) is 3.79. The lowest BCUT2D eigenvalue weighted by Crippen LogP contribution is -2.00. The largest absolute Gasteiger partial charge is 0.478 e. The molecule has 0 saturated carbocycles. The van der Waals surface area contributed by atoms with Gasteiger partial charge in [0.2, 0.25) is 0 Å². The topological polar surface area (TPSA) is 91.8 Å². The molecular formula is C16H9ClN4O2. The van der Waals surface area contributed by atoms with Gasteiger partial charge in [0.05, 0.1) is 23.4 Å². The lowest BCUT2D eigenvalue weighted by atomic mass is 10.0. The smallest absolute Gasteiger partial charge is 0.338 e. The molecule has 3 rings (SSSR count). The van der Waals surface area contributed by atoms with Gasteiger partial charge in [-0.2, -0.15) is 10.4 Å². The number of aromatic carboxylic acids is 1. The van der Waals surface area contributed by atoms with Crippen molar-refractivity contribution in [1.82, 2.24) is 14.8 Å². The van der Waals surface area contributed by atoms with Gasteiger partial charge in [-0.15, -0.1) is 0 Å². The molecule has 0 unspecified atom stereocenters. The third kappa shape index (κ3) is 2.91. The second kappa shape index (κ2) is 5.91. The third-order valence-corrected chi connectivity index (χ3v) is 3.44. The summed E-state index contributed by atoms with van der Waals surface area (Å²) in [4.78, 5) is 15.2. The van der Waals surface area contributed by atoms with Gasteiger partial charge in [0.1, 0.15) is 0 Å². The molecule has 1 N–H and O–H groups in total. The van der Waals surface area contributed by atoms with Gasteiger partial charge in [-0.1, -0.05) is 23.7 Å². The number of carbonyl (C=O) groups is 1. The number of nitriles is 1. The van der Waals surface area contributed by atoms with Crippen LogP contribution in [0.2, 0.25) is 5.02 Å². The second-order valence-corrected chi connectivity index (χ2v) is 5.13. The Morgan fingerprint density at radius 2 is 2.13 bits per heavy atom. The van der Waals surface area contributed by atoms with Crippen molar-refractivity contribution in [2.75, 3.05) is 0 Å². The van der Waals surface area contributed by atoms with E-state index in [-0.39, 0.29) is 5.56 Å². The summed E-state index contributed by atoms with van der Waals surface area (Å²) in [6.45, 7) is 0. The summed E-state index contributed by atoms with van der Waals surface area (Å²) in [5, 5.41) is 22.8.